The molecule has 0 aliphatic heterocycles. The molecule has 2 rings (SSSR count). The molecule has 0 aromatic heterocycles. The molecular formula is C19H18F3NO3. The third-order valence-electron chi connectivity index (χ3n) is 3.84. The van der Waals surface area contributed by atoms with Crippen molar-refractivity contribution in [1.82, 2.24) is 5.32 Å². The fourth-order valence-electron chi connectivity index (χ4n) is 2.43. The highest BCUT2D eigenvalue weighted by atomic mass is 19.4. The Morgan fingerprint density at radius 3 is 2.12 bits per heavy atom. The van der Waals surface area contributed by atoms with Crippen molar-refractivity contribution >= 4 is 11.9 Å². The fraction of sp³-hybridized carbons (Fsp3) is 0.263. The van der Waals surface area contributed by atoms with E-state index < -0.39 is 29.7 Å². The Kier molecular flexibility index (Phi) is 6.38. The van der Waals surface area contributed by atoms with Gasteiger partial charge in [0.2, 0.25) is 5.91 Å². The number of hydrogen-bond donors (Lipinski definition) is 2. The Balaban J connectivity index is 1.93. The maximum Gasteiger partial charge on any atom is 0.416 e. The number of aryl methyl sites for hydroxylation is 1. The molecule has 0 saturated carbocycles. The zero-order valence-corrected chi connectivity index (χ0v) is 13.8. The van der Waals surface area contributed by atoms with Gasteiger partial charge in [-0.05, 0) is 29.7 Å². The summed E-state index contributed by atoms with van der Waals surface area (Å²) in [6.07, 6.45) is -3.94. The highest BCUT2D eigenvalue weighted by molar-refractivity contribution is 5.83. The van der Waals surface area contributed by atoms with Crippen molar-refractivity contribution in [2.45, 2.75) is 31.5 Å². The summed E-state index contributed by atoms with van der Waals surface area (Å²) in [6, 6.07) is 12.3. The van der Waals surface area contributed by atoms with E-state index in [4.69, 9.17) is 0 Å². The quantitative estimate of drug-likeness (QED) is 0.790. The smallest absolute Gasteiger partial charge is 0.416 e. The number of amides is 1. The first kappa shape index (κ1) is 19.5. The monoisotopic (exact) mass is 365 g/mol. The summed E-state index contributed by atoms with van der Waals surface area (Å²) < 4.78 is 37.7. The Morgan fingerprint density at radius 1 is 0.962 bits per heavy atom. The average molecular weight is 365 g/mol. The van der Waals surface area contributed by atoms with Gasteiger partial charge in [-0.3, -0.25) is 4.79 Å². The number of carboxylic acid groups (broad SMARTS) is 1. The van der Waals surface area contributed by atoms with E-state index in [1.54, 1.807) is 0 Å². The molecular weight excluding hydrogens is 347 g/mol. The first-order valence-corrected chi connectivity index (χ1v) is 7.98. The molecule has 7 heteroatoms. The van der Waals surface area contributed by atoms with Gasteiger partial charge in [-0.15, -0.1) is 0 Å². The van der Waals surface area contributed by atoms with Crippen LogP contribution in [0, 0.1) is 0 Å². The van der Waals surface area contributed by atoms with Crippen molar-refractivity contribution < 1.29 is 27.9 Å². The third kappa shape index (κ3) is 5.91. The molecule has 1 amide bonds. The van der Waals surface area contributed by atoms with Gasteiger partial charge in [0.1, 0.15) is 6.04 Å². The Labute approximate surface area is 148 Å². The zero-order chi connectivity index (χ0) is 19.2. The molecule has 26 heavy (non-hydrogen) atoms. The standard InChI is InChI=1S/C19H18F3NO3/c20-19(21,22)15-9-6-14(7-10-15)12-16(18(25)26)23-17(24)11-8-13-4-2-1-3-5-13/h1-7,9-10,16H,8,11-12H2,(H,23,24)(H,25,26)/t16-/m0/s1. The topological polar surface area (TPSA) is 66.4 Å². The summed E-state index contributed by atoms with van der Waals surface area (Å²) in [5.41, 5.74) is 0.547. The number of halogens is 3. The molecule has 0 spiro atoms. The minimum Gasteiger partial charge on any atom is -0.480 e. The second-order valence-corrected chi connectivity index (χ2v) is 5.84. The first-order chi connectivity index (χ1) is 12.3. The molecule has 0 bridgehead atoms. The number of hydrogen-bond acceptors (Lipinski definition) is 2. The van der Waals surface area contributed by atoms with Crippen LogP contribution < -0.4 is 5.32 Å². The Bertz CT molecular complexity index is 743. The highest BCUT2D eigenvalue weighted by Gasteiger charge is 2.30. The normalized spacial score (nSPS) is 12.4. The van der Waals surface area contributed by atoms with Crippen LogP contribution in [0.1, 0.15) is 23.1 Å². The fourth-order valence-corrected chi connectivity index (χ4v) is 2.43. The molecule has 0 fully saturated rings. The van der Waals surface area contributed by atoms with Crippen molar-refractivity contribution in [2.24, 2.45) is 0 Å². The van der Waals surface area contributed by atoms with E-state index >= 15 is 0 Å². The molecule has 2 aromatic carbocycles. The lowest BCUT2D eigenvalue weighted by molar-refractivity contribution is -0.141. The summed E-state index contributed by atoms with van der Waals surface area (Å²) >= 11 is 0. The van der Waals surface area contributed by atoms with Gasteiger partial charge in [-0.25, -0.2) is 4.79 Å². The maximum absolute atomic E-state index is 12.6. The Hall–Kier alpha value is -2.83. The zero-order valence-electron chi connectivity index (χ0n) is 13.8. The van der Waals surface area contributed by atoms with Gasteiger partial charge in [0.15, 0.2) is 0 Å². The lowest BCUT2D eigenvalue weighted by Gasteiger charge is -2.15. The number of aliphatic carboxylic acids is 1. The lowest BCUT2D eigenvalue weighted by Crippen LogP contribution is -2.42. The van der Waals surface area contributed by atoms with E-state index in [0.29, 0.717) is 12.0 Å². The van der Waals surface area contributed by atoms with E-state index in [0.717, 1.165) is 17.7 Å². The van der Waals surface area contributed by atoms with Crippen LogP contribution in [0.5, 0.6) is 0 Å². The number of benzene rings is 2. The van der Waals surface area contributed by atoms with Crippen LogP contribution in [0.25, 0.3) is 0 Å². The maximum atomic E-state index is 12.6. The van der Waals surface area contributed by atoms with Crippen LogP contribution in [0.15, 0.2) is 54.6 Å². The van der Waals surface area contributed by atoms with Gasteiger partial charge in [-0.1, -0.05) is 42.5 Å². The predicted molar refractivity (Wildman–Crippen MR) is 89.5 cm³/mol. The van der Waals surface area contributed by atoms with Crippen molar-refractivity contribution in [3.05, 3.63) is 71.3 Å². The van der Waals surface area contributed by atoms with E-state index in [9.17, 15) is 27.9 Å². The second kappa shape index (κ2) is 8.51. The molecule has 1 atom stereocenters. The first-order valence-electron chi connectivity index (χ1n) is 7.98. The van der Waals surface area contributed by atoms with E-state index in [1.807, 2.05) is 30.3 Å². The van der Waals surface area contributed by atoms with Gasteiger partial charge < -0.3 is 10.4 Å². The van der Waals surface area contributed by atoms with Gasteiger partial charge in [0.05, 0.1) is 5.56 Å². The Morgan fingerprint density at radius 2 is 1.58 bits per heavy atom. The van der Waals surface area contributed by atoms with Crippen LogP contribution in [-0.4, -0.2) is 23.0 Å². The summed E-state index contributed by atoms with van der Waals surface area (Å²) in [7, 11) is 0. The number of carbonyl (C=O) groups is 2. The van der Waals surface area contributed by atoms with Gasteiger partial charge in [0.25, 0.3) is 0 Å². The van der Waals surface area contributed by atoms with E-state index in [1.165, 1.54) is 12.1 Å². The molecule has 2 aromatic rings. The summed E-state index contributed by atoms with van der Waals surface area (Å²) in [4.78, 5) is 23.3. The molecule has 2 N–H and O–H groups in total. The third-order valence-corrected chi connectivity index (χ3v) is 3.84. The van der Waals surface area contributed by atoms with Crippen molar-refractivity contribution in [3.8, 4) is 0 Å². The summed E-state index contributed by atoms with van der Waals surface area (Å²) in [5, 5.41) is 11.7. The van der Waals surface area contributed by atoms with Crippen molar-refractivity contribution in [1.29, 1.82) is 0 Å². The van der Waals surface area contributed by atoms with Gasteiger partial charge in [0, 0.05) is 12.8 Å². The van der Waals surface area contributed by atoms with Crippen LogP contribution >= 0.6 is 0 Å². The molecule has 0 radical (unpaired) electrons. The molecule has 0 aliphatic carbocycles. The summed E-state index contributed by atoms with van der Waals surface area (Å²) in [5.74, 6) is -1.66. The number of nitrogens with one attached hydrogen (secondary N) is 1. The molecule has 4 nitrogen and oxygen atoms in total. The molecule has 0 aliphatic rings. The minimum atomic E-state index is -4.45. The van der Waals surface area contributed by atoms with Crippen LogP contribution in [0.2, 0.25) is 0 Å². The molecule has 0 heterocycles. The number of carboxylic acids is 1. The van der Waals surface area contributed by atoms with Gasteiger partial charge in [-0.2, -0.15) is 13.2 Å². The number of alkyl halides is 3. The molecule has 138 valence electrons. The van der Waals surface area contributed by atoms with E-state index in [-0.39, 0.29) is 12.8 Å². The van der Waals surface area contributed by atoms with Crippen LogP contribution in [0.4, 0.5) is 13.2 Å². The summed E-state index contributed by atoms with van der Waals surface area (Å²) in [6.45, 7) is 0. The van der Waals surface area contributed by atoms with Crippen LogP contribution in [-0.2, 0) is 28.6 Å². The minimum absolute atomic E-state index is 0.0927. The second-order valence-electron chi connectivity index (χ2n) is 5.84. The lowest BCUT2D eigenvalue weighted by atomic mass is 10.0. The number of carbonyl (C=O) groups excluding carboxylic acids is 1. The molecule has 0 unspecified atom stereocenters. The largest absolute Gasteiger partial charge is 0.480 e. The van der Waals surface area contributed by atoms with Crippen molar-refractivity contribution in [2.75, 3.05) is 0 Å². The number of rotatable bonds is 7. The average Bonchev–Trinajstić information content (AvgIpc) is 2.60. The van der Waals surface area contributed by atoms with Gasteiger partial charge >= 0.3 is 12.1 Å². The molecule has 0 saturated heterocycles. The predicted octanol–water partition coefficient (Wildman–Crippen LogP) is 3.45. The highest BCUT2D eigenvalue weighted by Crippen LogP contribution is 2.29. The van der Waals surface area contributed by atoms with Crippen LogP contribution in [0.3, 0.4) is 0 Å². The SMILES string of the molecule is O=C(CCc1ccccc1)N[C@@H](Cc1ccc(C(F)(F)F)cc1)C(=O)O. The van der Waals surface area contributed by atoms with E-state index in [2.05, 4.69) is 5.32 Å². The van der Waals surface area contributed by atoms with Crippen molar-refractivity contribution in [3.63, 3.8) is 0 Å².